The predicted molar refractivity (Wildman–Crippen MR) is 126 cm³/mol. The van der Waals surface area contributed by atoms with Crippen LogP contribution in [-0.2, 0) is 11.2 Å². The first-order valence-corrected chi connectivity index (χ1v) is 11.1. The molecule has 1 unspecified atom stereocenters. The van der Waals surface area contributed by atoms with Crippen molar-refractivity contribution >= 4 is 11.6 Å². The Balaban J connectivity index is 1.61. The minimum atomic E-state index is -4.78. The molecule has 186 valence electrons. The van der Waals surface area contributed by atoms with Gasteiger partial charge in [0.1, 0.15) is 17.2 Å². The monoisotopic (exact) mass is 488 g/mol. The van der Waals surface area contributed by atoms with Crippen molar-refractivity contribution in [1.29, 1.82) is 0 Å². The van der Waals surface area contributed by atoms with Crippen LogP contribution in [0.1, 0.15) is 42.5 Å². The first-order valence-electron chi connectivity index (χ1n) is 11.1. The molecule has 0 aliphatic rings. The molecule has 35 heavy (non-hydrogen) atoms. The van der Waals surface area contributed by atoms with Gasteiger partial charge in [-0.25, -0.2) is 0 Å². The van der Waals surface area contributed by atoms with Gasteiger partial charge in [-0.05, 0) is 76.2 Å². The van der Waals surface area contributed by atoms with Crippen LogP contribution in [0.15, 0.2) is 60.7 Å². The lowest BCUT2D eigenvalue weighted by Crippen LogP contribution is -2.18. The zero-order valence-corrected chi connectivity index (χ0v) is 19.8. The lowest BCUT2D eigenvalue weighted by molar-refractivity contribution is -0.274. The normalized spacial score (nSPS) is 12.3. The van der Waals surface area contributed by atoms with E-state index in [1.807, 2.05) is 26.8 Å². The number of alkyl halides is 3. The molecule has 2 aromatic carbocycles. The molecule has 0 saturated heterocycles. The lowest BCUT2D eigenvalue weighted by Gasteiger charge is -2.16. The smallest absolute Gasteiger partial charge is 0.457 e. The third kappa shape index (κ3) is 8.29. The maximum Gasteiger partial charge on any atom is 0.573 e. The number of aryl methyl sites for hydroxylation is 1. The molecule has 0 spiro atoms. The van der Waals surface area contributed by atoms with Crippen molar-refractivity contribution in [1.82, 2.24) is 4.98 Å². The van der Waals surface area contributed by atoms with E-state index in [4.69, 9.17) is 9.47 Å². The Morgan fingerprint density at radius 3 is 2.29 bits per heavy atom. The van der Waals surface area contributed by atoms with Crippen molar-refractivity contribution in [2.45, 2.75) is 52.7 Å². The van der Waals surface area contributed by atoms with E-state index < -0.39 is 6.36 Å². The van der Waals surface area contributed by atoms with E-state index in [0.717, 1.165) is 11.8 Å². The van der Waals surface area contributed by atoms with Crippen molar-refractivity contribution in [2.75, 3.05) is 5.32 Å². The van der Waals surface area contributed by atoms with E-state index in [9.17, 15) is 18.0 Å². The third-order valence-corrected chi connectivity index (χ3v) is 4.78. The number of amides is 1. The van der Waals surface area contributed by atoms with Gasteiger partial charge in [-0.2, -0.15) is 0 Å². The number of pyridine rings is 1. The van der Waals surface area contributed by atoms with E-state index in [0.29, 0.717) is 29.1 Å². The van der Waals surface area contributed by atoms with Crippen LogP contribution in [0, 0.1) is 6.92 Å². The number of aromatic nitrogens is 1. The summed E-state index contributed by atoms with van der Waals surface area (Å²) in [5, 5.41) is 2.81. The fourth-order valence-corrected chi connectivity index (χ4v) is 3.45. The standard InChI is InChI=1S/C26H27F3N2O4/c1-16(2)33-17(3)14-20-10-13-24(18(4)30-20)25(32)31-19-8-11-21(12-9-19)34-22-6-5-7-23(15-22)35-26(27,28)29/h5-13,15-17H,14H2,1-4H3,(H,31,32). The second-order valence-electron chi connectivity index (χ2n) is 8.24. The summed E-state index contributed by atoms with van der Waals surface area (Å²) in [6, 6.07) is 15.2. The number of rotatable bonds is 9. The molecule has 1 atom stereocenters. The van der Waals surface area contributed by atoms with Gasteiger partial charge in [0, 0.05) is 23.9 Å². The van der Waals surface area contributed by atoms with Crippen molar-refractivity contribution in [3.05, 3.63) is 77.6 Å². The van der Waals surface area contributed by atoms with E-state index >= 15 is 0 Å². The summed E-state index contributed by atoms with van der Waals surface area (Å²) in [5.74, 6) is -0.125. The summed E-state index contributed by atoms with van der Waals surface area (Å²) in [7, 11) is 0. The highest BCUT2D eigenvalue weighted by molar-refractivity contribution is 6.05. The summed E-state index contributed by atoms with van der Waals surface area (Å²) >= 11 is 0. The number of carbonyl (C=O) groups excluding carboxylic acids is 1. The number of nitrogens with zero attached hydrogens (tertiary/aromatic N) is 1. The molecule has 1 heterocycles. The number of hydrogen-bond donors (Lipinski definition) is 1. The number of halogens is 3. The van der Waals surface area contributed by atoms with Gasteiger partial charge in [0.05, 0.1) is 23.5 Å². The van der Waals surface area contributed by atoms with Gasteiger partial charge in [0.15, 0.2) is 0 Å². The number of benzene rings is 2. The molecule has 0 aliphatic heterocycles. The molecule has 0 aliphatic carbocycles. The Morgan fingerprint density at radius 2 is 1.66 bits per heavy atom. The number of hydrogen-bond acceptors (Lipinski definition) is 5. The van der Waals surface area contributed by atoms with Crippen molar-refractivity contribution < 1.29 is 32.2 Å². The molecule has 6 nitrogen and oxygen atoms in total. The summed E-state index contributed by atoms with van der Waals surface area (Å²) in [6.07, 6.45) is -4.00. The maximum absolute atomic E-state index is 12.7. The number of carbonyl (C=O) groups is 1. The van der Waals surface area contributed by atoms with E-state index in [-0.39, 0.29) is 29.6 Å². The molecular weight excluding hydrogens is 461 g/mol. The fraction of sp³-hybridized carbons (Fsp3) is 0.308. The zero-order chi connectivity index (χ0) is 25.6. The van der Waals surface area contributed by atoms with Gasteiger partial charge in [-0.1, -0.05) is 6.07 Å². The van der Waals surface area contributed by atoms with Crippen LogP contribution in [0.2, 0.25) is 0 Å². The van der Waals surface area contributed by atoms with E-state index in [1.54, 1.807) is 37.3 Å². The molecular formula is C26H27F3N2O4. The number of nitrogens with one attached hydrogen (secondary N) is 1. The third-order valence-electron chi connectivity index (χ3n) is 4.78. The topological polar surface area (TPSA) is 69.7 Å². The zero-order valence-electron chi connectivity index (χ0n) is 19.8. The second-order valence-corrected chi connectivity index (χ2v) is 8.24. The average molecular weight is 489 g/mol. The van der Waals surface area contributed by atoms with Crippen LogP contribution in [0.25, 0.3) is 0 Å². The van der Waals surface area contributed by atoms with Crippen LogP contribution in [-0.4, -0.2) is 29.5 Å². The Labute approximate surface area is 202 Å². The van der Waals surface area contributed by atoms with Crippen molar-refractivity contribution in [2.24, 2.45) is 0 Å². The quantitative estimate of drug-likeness (QED) is 0.363. The highest BCUT2D eigenvalue weighted by Crippen LogP contribution is 2.29. The maximum atomic E-state index is 12.7. The molecule has 1 aromatic heterocycles. The van der Waals surface area contributed by atoms with Gasteiger partial charge < -0.3 is 19.5 Å². The molecule has 1 N–H and O–H groups in total. The van der Waals surface area contributed by atoms with E-state index in [2.05, 4.69) is 15.0 Å². The number of ether oxygens (including phenoxy) is 3. The Hall–Kier alpha value is -3.59. The number of anilines is 1. The first-order chi connectivity index (χ1) is 16.5. The predicted octanol–water partition coefficient (Wildman–Crippen LogP) is 6.69. The lowest BCUT2D eigenvalue weighted by atomic mass is 10.1. The second kappa shape index (κ2) is 11.2. The Bertz CT molecular complexity index is 1150. The average Bonchev–Trinajstić information content (AvgIpc) is 2.73. The molecule has 9 heteroatoms. The molecule has 3 rings (SSSR count). The van der Waals surface area contributed by atoms with Gasteiger partial charge in [0.25, 0.3) is 5.91 Å². The Morgan fingerprint density at radius 1 is 0.971 bits per heavy atom. The largest absolute Gasteiger partial charge is 0.573 e. The molecule has 0 fully saturated rings. The summed E-state index contributed by atoms with van der Waals surface area (Å²) in [6.45, 7) is 7.72. The summed E-state index contributed by atoms with van der Waals surface area (Å²) in [4.78, 5) is 17.3. The molecule has 1 amide bonds. The van der Waals surface area contributed by atoms with Crippen molar-refractivity contribution in [3.8, 4) is 17.2 Å². The SMILES string of the molecule is Cc1nc(CC(C)OC(C)C)ccc1C(=O)Nc1ccc(Oc2cccc(OC(F)(F)F)c2)cc1. The summed E-state index contributed by atoms with van der Waals surface area (Å²) in [5.41, 5.74) is 2.43. The van der Waals surface area contributed by atoms with Gasteiger partial charge >= 0.3 is 6.36 Å². The summed E-state index contributed by atoms with van der Waals surface area (Å²) < 4.78 is 52.4. The fourth-order valence-electron chi connectivity index (χ4n) is 3.45. The van der Waals surface area contributed by atoms with Gasteiger partial charge in [-0.3, -0.25) is 9.78 Å². The Kier molecular flexibility index (Phi) is 8.34. The highest BCUT2D eigenvalue weighted by Gasteiger charge is 2.31. The van der Waals surface area contributed by atoms with E-state index in [1.165, 1.54) is 18.2 Å². The molecule has 0 saturated carbocycles. The minimum absolute atomic E-state index is 0.0157. The highest BCUT2D eigenvalue weighted by atomic mass is 19.4. The molecule has 3 aromatic rings. The first kappa shape index (κ1) is 26.0. The minimum Gasteiger partial charge on any atom is -0.457 e. The van der Waals surface area contributed by atoms with Gasteiger partial charge in [-0.15, -0.1) is 13.2 Å². The van der Waals surface area contributed by atoms with Crippen LogP contribution >= 0.6 is 0 Å². The van der Waals surface area contributed by atoms with Crippen LogP contribution in [0.3, 0.4) is 0 Å². The van der Waals surface area contributed by atoms with Crippen LogP contribution in [0.4, 0.5) is 18.9 Å². The van der Waals surface area contributed by atoms with Crippen LogP contribution in [0.5, 0.6) is 17.2 Å². The molecule has 0 bridgehead atoms. The van der Waals surface area contributed by atoms with Crippen molar-refractivity contribution in [3.63, 3.8) is 0 Å². The van der Waals surface area contributed by atoms with Gasteiger partial charge in [0.2, 0.25) is 0 Å². The molecule has 0 radical (unpaired) electrons. The van der Waals surface area contributed by atoms with Crippen LogP contribution < -0.4 is 14.8 Å².